The predicted molar refractivity (Wildman–Crippen MR) is 174 cm³/mol. The van der Waals surface area contributed by atoms with E-state index in [-0.39, 0.29) is 46.3 Å². The Kier molecular flexibility index (Phi) is 11.0. The Bertz CT molecular complexity index is 1530. The maximum Gasteiger partial charge on any atom is 0.410 e. The van der Waals surface area contributed by atoms with E-state index in [2.05, 4.69) is 16.2 Å². The zero-order valence-corrected chi connectivity index (χ0v) is 28.1. The van der Waals surface area contributed by atoms with Crippen molar-refractivity contribution < 1.29 is 32.3 Å². The summed E-state index contributed by atoms with van der Waals surface area (Å²) < 4.78 is 35.1. The summed E-state index contributed by atoms with van der Waals surface area (Å²) in [5, 5.41) is 3.08. The molecule has 0 spiro atoms. The summed E-state index contributed by atoms with van der Waals surface area (Å²) in [4.78, 5) is 52.9. The number of anilines is 1. The van der Waals surface area contributed by atoms with Crippen molar-refractivity contribution in [1.82, 2.24) is 20.1 Å². The minimum absolute atomic E-state index is 0.00324. The Labute approximate surface area is 274 Å². The van der Waals surface area contributed by atoms with Gasteiger partial charge in [-0.15, -0.1) is 11.3 Å². The van der Waals surface area contributed by atoms with Gasteiger partial charge < -0.3 is 15.0 Å². The number of thiophene rings is 1. The van der Waals surface area contributed by atoms with Gasteiger partial charge in [0.15, 0.2) is 0 Å². The van der Waals surface area contributed by atoms with Crippen LogP contribution in [0.5, 0.6) is 0 Å². The summed E-state index contributed by atoms with van der Waals surface area (Å²) in [6.45, 7) is 3.75. The Morgan fingerprint density at radius 3 is 2.09 bits per heavy atom. The Morgan fingerprint density at radius 2 is 1.52 bits per heavy atom. The molecular formula is C32H43N5O7S2. The van der Waals surface area contributed by atoms with Crippen molar-refractivity contribution in [3.63, 3.8) is 0 Å². The van der Waals surface area contributed by atoms with Crippen LogP contribution in [-0.2, 0) is 32.5 Å². The summed E-state index contributed by atoms with van der Waals surface area (Å²) in [7, 11) is -3.78. The zero-order chi connectivity index (χ0) is 32.8. The number of hydrazine groups is 1. The lowest BCUT2D eigenvalue weighted by atomic mass is 9.91. The number of hydrogen-bond donors (Lipinski definition) is 3. The van der Waals surface area contributed by atoms with Crippen molar-refractivity contribution >= 4 is 50.2 Å². The van der Waals surface area contributed by atoms with E-state index in [0.717, 1.165) is 69.1 Å². The van der Waals surface area contributed by atoms with Crippen LogP contribution in [0.15, 0.2) is 29.2 Å². The van der Waals surface area contributed by atoms with Crippen molar-refractivity contribution in [2.75, 3.05) is 18.5 Å². The third-order valence-corrected chi connectivity index (χ3v) is 12.1. The van der Waals surface area contributed by atoms with Gasteiger partial charge in [-0.05, 0) is 68.9 Å². The number of benzene rings is 1. The number of fused-ring (bicyclic) bond motifs is 1. The molecule has 0 unspecified atom stereocenters. The minimum atomic E-state index is -3.78. The van der Waals surface area contributed by atoms with Crippen LogP contribution in [0.25, 0.3) is 0 Å². The summed E-state index contributed by atoms with van der Waals surface area (Å²) in [6, 6.07) is 5.96. The maximum absolute atomic E-state index is 14.1. The van der Waals surface area contributed by atoms with Gasteiger partial charge in [0, 0.05) is 36.0 Å². The second-order valence-electron chi connectivity index (χ2n) is 12.1. The van der Waals surface area contributed by atoms with Crippen LogP contribution in [0, 0.1) is 0 Å². The van der Waals surface area contributed by atoms with E-state index in [1.807, 2.05) is 0 Å². The fourth-order valence-corrected chi connectivity index (χ4v) is 9.93. The molecule has 12 nitrogen and oxygen atoms in total. The first-order chi connectivity index (χ1) is 22.1. The van der Waals surface area contributed by atoms with E-state index < -0.39 is 33.8 Å². The first-order valence-corrected chi connectivity index (χ1v) is 18.4. The number of carbonyl (C=O) groups is 4. The molecule has 5 rings (SSSR count). The third-order valence-electron chi connectivity index (χ3n) is 8.95. The van der Waals surface area contributed by atoms with E-state index in [1.54, 1.807) is 11.2 Å². The maximum atomic E-state index is 14.1. The van der Waals surface area contributed by atoms with E-state index in [1.165, 1.54) is 47.4 Å². The number of ether oxygens (including phenoxy) is 1. The first-order valence-electron chi connectivity index (χ1n) is 16.2. The minimum Gasteiger partial charge on any atom is -0.450 e. The van der Waals surface area contributed by atoms with Gasteiger partial charge >= 0.3 is 6.09 Å². The van der Waals surface area contributed by atoms with E-state index in [0.29, 0.717) is 18.5 Å². The van der Waals surface area contributed by atoms with Gasteiger partial charge in [0.25, 0.3) is 11.8 Å². The Hall–Kier alpha value is -3.49. The molecule has 1 aliphatic heterocycles. The van der Waals surface area contributed by atoms with Gasteiger partial charge in [-0.1, -0.05) is 38.5 Å². The van der Waals surface area contributed by atoms with Gasteiger partial charge in [-0.25, -0.2) is 13.2 Å². The molecule has 2 heterocycles. The number of rotatable bonds is 8. The van der Waals surface area contributed by atoms with Crippen molar-refractivity contribution in [3.8, 4) is 0 Å². The van der Waals surface area contributed by atoms with Crippen LogP contribution in [0.2, 0.25) is 0 Å². The summed E-state index contributed by atoms with van der Waals surface area (Å²) in [5.41, 5.74) is 5.77. The smallest absolute Gasteiger partial charge is 0.410 e. The summed E-state index contributed by atoms with van der Waals surface area (Å²) >= 11 is 1.17. The number of hydrogen-bond acceptors (Lipinski definition) is 8. The van der Waals surface area contributed by atoms with Crippen molar-refractivity contribution in [2.45, 2.75) is 108 Å². The lowest BCUT2D eigenvalue weighted by Crippen LogP contribution is -2.48. The van der Waals surface area contributed by atoms with Gasteiger partial charge in [-0.2, -0.15) is 4.31 Å². The highest BCUT2D eigenvalue weighted by molar-refractivity contribution is 7.89. The quantitative estimate of drug-likeness (QED) is 0.335. The molecule has 2 aromatic rings. The standard InChI is InChI=1S/C32H43N5O7S2/c1-3-44-32(41)36-19-18-26-27(20-36)45-31(28(26)30(40)35-34-21(2)38)33-29(39)22-14-16-25(17-15-22)46(42,43)37(23-10-6-4-7-11-23)24-12-8-5-9-13-24/h14-17,23-24H,3-13,18-20H2,1-2H3,(H,33,39)(H,34,38)(H,35,40). The number of carbonyl (C=O) groups excluding carboxylic acids is 4. The van der Waals surface area contributed by atoms with Crippen LogP contribution < -0.4 is 16.2 Å². The highest BCUT2D eigenvalue weighted by atomic mass is 32.2. The van der Waals surface area contributed by atoms with E-state index in [9.17, 15) is 27.6 Å². The van der Waals surface area contributed by atoms with Crippen molar-refractivity contribution in [3.05, 3.63) is 45.8 Å². The topological polar surface area (TPSA) is 154 Å². The molecule has 2 saturated carbocycles. The molecule has 0 radical (unpaired) electrons. The normalized spacial score (nSPS) is 17.7. The third kappa shape index (κ3) is 7.55. The number of amides is 4. The Balaban J connectivity index is 1.38. The lowest BCUT2D eigenvalue weighted by Gasteiger charge is -2.40. The monoisotopic (exact) mass is 673 g/mol. The number of nitrogens with zero attached hydrogens (tertiary/aromatic N) is 2. The van der Waals surface area contributed by atoms with Crippen LogP contribution in [0.4, 0.5) is 9.80 Å². The van der Waals surface area contributed by atoms with Gasteiger partial charge in [0.05, 0.1) is 23.6 Å². The highest BCUT2D eigenvalue weighted by Crippen LogP contribution is 2.38. The fourth-order valence-electron chi connectivity index (χ4n) is 6.75. The molecule has 1 aromatic heterocycles. The molecule has 2 fully saturated rings. The van der Waals surface area contributed by atoms with Crippen molar-refractivity contribution in [2.24, 2.45) is 0 Å². The van der Waals surface area contributed by atoms with Crippen molar-refractivity contribution in [1.29, 1.82) is 0 Å². The largest absolute Gasteiger partial charge is 0.450 e. The SMILES string of the molecule is CCOC(=O)N1CCc2c(sc(NC(=O)c3ccc(S(=O)(=O)N(C4CCCCC4)C4CCCCC4)cc3)c2C(=O)NNC(C)=O)C1. The highest BCUT2D eigenvalue weighted by Gasteiger charge is 2.38. The first kappa shape index (κ1) is 33.9. The van der Waals surface area contributed by atoms with Gasteiger partial charge in [0.1, 0.15) is 5.00 Å². The molecule has 0 saturated heterocycles. The molecule has 3 N–H and O–H groups in total. The van der Waals surface area contributed by atoms with Crippen LogP contribution in [0.3, 0.4) is 0 Å². The lowest BCUT2D eigenvalue weighted by molar-refractivity contribution is -0.119. The molecule has 0 bridgehead atoms. The predicted octanol–water partition coefficient (Wildman–Crippen LogP) is 4.95. The van der Waals surface area contributed by atoms with Crippen LogP contribution in [0.1, 0.15) is 109 Å². The number of sulfonamides is 1. The van der Waals surface area contributed by atoms with Crippen LogP contribution in [-0.4, -0.2) is 66.7 Å². The van der Waals surface area contributed by atoms with Gasteiger partial charge in [-0.3, -0.25) is 25.2 Å². The molecule has 4 amide bonds. The molecule has 250 valence electrons. The molecule has 14 heteroatoms. The summed E-state index contributed by atoms with van der Waals surface area (Å²) in [5.74, 6) is -1.58. The second kappa shape index (κ2) is 14.9. The molecule has 3 aliphatic rings. The molecular weight excluding hydrogens is 631 g/mol. The summed E-state index contributed by atoms with van der Waals surface area (Å²) in [6.07, 6.45) is 9.76. The molecule has 0 atom stereocenters. The molecule has 2 aliphatic carbocycles. The van der Waals surface area contributed by atoms with E-state index >= 15 is 0 Å². The Morgan fingerprint density at radius 1 is 0.913 bits per heavy atom. The van der Waals surface area contributed by atoms with Crippen LogP contribution >= 0.6 is 11.3 Å². The molecule has 46 heavy (non-hydrogen) atoms. The zero-order valence-electron chi connectivity index (χ0n) is 26.4. The second-order valence-corrected chi connectivity index (χ2v) is 15.1. The van der Waals surface area contributed by atoms with E-state index in [4.69, 9.17) is 4.74 Å². The fraction of sp³-hybridized carbons (Fsp3) is 0.562. The van der Waals surface area contributed by atoms with Gasteiger partial charge in [0.2, 0.25) is 15.9 Å². The average Bonchev–Trinajstić information content (AvgIpc) is 3.41. The number of nitrogens with one attached hydrogen (secondary N) is 3. The molecule has 1 aromatic carbocycles. The average molecular weight is 674 g/mol.